The zero-order chi connectivity index (χ0) is 34.0. The van der Waals surface area contributed by atoms with Gasteiger partial charge in [-0.1, -0.05) is 109 Å². The van der Waals surface area contributed by atoms with Gasteiger partial charge in [-0.25, -0.2) is 0 Å². The molecule has 0 saturated heterocycles. The molecule has 0 amide bonds. The van der Waals surface area contributed by atoms with E-state index in [0.717, 1.165) is 46.9 Å². The Hall–Kier alpha value is -5.34. The molecule has 5 fully saturated rings. The summed E-state index contributed by atoms with van der Waals surface area (Å²) in [5.41, 5.74) is 15.0. The Bertz CT molecular complexity index is 2510. The highest BCUT2D eigenvalue weighted by Gasteiger charge is 2.69. The van der Waals surface area contributed by atoms with Gasteiger partial charge in [0.25, 0.3) is 0 Å². The Morgan fingerprint density at radius 3 is 2.27 bits per heavy atom. The van der Waals surface area contributed by atoms with Crippen LogP contribution in [0.15, 0.2) is 152 Å². The maximum absolute atomic E-state index is 3.32. The van der Waals surface area contributed by atoms with Crippen molar-refractivity contribution in [3.63, 3.8) is 0 Å². The third kappa shape index (κ3) is 3.85. The standard InChI is InChI=1S/C50H42N2/c1-2-9-31(10-3-1)32-11-6-12-37(27-32)52(38-23-24-51-30-38)48-18-8-15-41-39(14-7-16-43(41)48)33-19-22-46-44(28-33)42-13-4-5-17-45(42)50(46)36-20-21-40-34(26-36)25-35-29-47(50)49(35)40/h1-19,22-24,27-28,30,34-36,40,47,49,51H,20-21,25-26,29H2. The smallest absolute Gasteiger partial charge is 0.0636 e. The van der Waals surface area contributed by atoms with Gasteiger partial charge in [0.15, 0.2) is 0 Å². The van der Waals surface area contributed by atoms with Crippen LogP contribution in [0.3, 0.4) is 0 Å². The predicted molar refractivity (Wildman–Crippen MR) is 214 cm³/mol. The fraction of sp³-hybridized carbons (Fsp3) is 0.240. The quantitative estimate of drug-likeness (QED) is 0.193. The lowest BCUT2D eigenvalue weighted by Crippen LogP contribution is -2.51. The van der Waals surface area contributed by atoms with Crippen molar-refractivity contribution in [2.45, 2.75) is 37.5 Å². The maximum atomic E-state index is 3.32. The third-order valence-corrected chi connectivity index (χ3v) is 14.6. The number of H-pyrrole nitrogens is 1. The fourth-order valence-corrected chi connectivity index (χ4v) is 12.8. The average Bonchev–Trinajstić information content (AvgIpc) is 3.86. The highest BCUT2D eigenvalue weighted by atomic mass is 15.2. The summed E-state index contributed by atoms with van der Waals surface area (Å²) in [6.07, 6.45) is 11.4. The van der Waals surface area contributed by atoms with E-state index in [4.69, 9.17) is 0 Å². The van der Waals surface area contributed by atoms with Crippen LogP contribution >= 0.6 is 0 Å². The Morgan fingerprint density at radius 2 is 1.35 bits per heavy atom. The van der Waals surface area contributed by atoms with Crippen LogP contribution in [-0.2, 0) is 5.41 Å². The number of hydrogen-bond acceptors (Lipinski definition) is 1. The maximum Gasteiger partial charge on any atom is 0.0636 e. The lowest BCUT2D eigenvalue weighted by Gasteiger charge is -2.55. The van der Waals surface area contributed by atoms with Crippen molar-refractivity contribution >= 4 is 27.8 Å². The van der Waals surface area contributed by atoms with Gasteiger partial charge in [-0.05, 0) is 148 Å². The Labute approximate surface area is 306 Å². The molecule has 1 aromatic heterocycles. The molecule has 252 valence electrons. The molecule has 1 N–H and O–H groups in total. The second-order valence-corrected chi connectivity index (χ2v) is 16.5. The molecular formula is C50H42N2. The van der Waals surface area contributed by atoms with E-state index in [1.54, 1.807) is 11.1 Å². The van der Waals surface area contributed by atoms with Crippen molar-refractivity contribution in [3.8, 4) is 33.4 Å². The van der Waals surface area contributed by atoms with Crippen LogP contribution < -0.4 is 4.90 Å². The molecule has 0 radical (unpaired) electrons. The highest BCUT2D eigenvalue weighted by Crippen LogP contribution is 2.75. The number of benzene rings is 6. The molecule has 7 atom stereocenters. The summed E-state index contributed by atoms with van der Waals surface area (Å²) in [5, 5.41) is 2.54. The molecule has 6 aliphatic rings. The molecule has 4 bridgehead atoms. The summed E-state index contributed by atoms with van der Waals surface area (Å²) in [6, 6.07) is 52.7. The molecule has 5 saturated carbocycles. The summed E-state index contributed by atoms with van der Waals surface area (Å²) in [7, 11) is 0. The molecule has 2 heteroatoms. The van der Waals surface area contributed by atoms with E-state index in [2.05, 4.69) is 156 Å². The van der Waals surface area contributed by atoms with Crippen LogP contribution in [0.25, 0.3) is 44.2 Å². The minimum absolute atomic E-state index is 0.201. The molecule has 52 heavy (non-hydrogen) atoms. The Kier molecular flexibility index (Phi) is 6.10. The zero-order valence-corrected chi connectivity index (χ0v) is 29.4. The van der Waals surface area contributed by atoms with Gasteiger partial charge in [0, 0.05) is 28.9 Å². The summed E-state index contributed by atoms with van der Waals surface area (Å²) in [5.74, 6) is 5.50. The monoisotopic (exact) mass is 670 g/mol. The van der Waals surface area contributed by atoms with E-state index >= 15 is 0 Å². The molecule has 1 spiro atoms. The van der Waals surface area contributed by atoms with Gasteiger partial charge in [0.2, 0.25) is 0 Å². The van der Waals surface area contributed by atoms with Crippen molar-refractivity contribution in [2.24, 2.45) is 35.5 Å². The summed E-state index contributed by atoms with van der Waals surface area (Å²) >= 11 is 0. The van der Waals surface area contributed by atoms with E-state index in [-0.39, 0.29) is 5.41 Å². The zero-order valence-electron chi connectivity index (χ0n) is 29.4. The number of rotatable bonds is 5. The molecule has 7 aromatic rings. The van der Waals surface area contributed by atoms with E-state index in [1.165, 1.54) is 81.9 Å². The lowest BCUT2D eigenvalue weighted by molar-refractivity contribution is 0.0149. The van der Waals surface area contributed by atoms with Gasteiger partial charge >= 0.3 is 0 Å². The van der Waals surface area contributed by atoms with Crippen LogP contribution in [0, 0.1) is 35.5 Å². The molecular weight excluding hydrogens is 629 g/mol. The Balaban J connectivity index is 1.01. The summed E-state index contributed by atoms with van der Waals surface area (Å²) in [4.78, 5) is 5.73. The van der Waals surface area contributed by atoms with E-state index < -0.39 is 0 Å². The van der Waals surface area contributed by atoms with E-state index in [9.17, 15) is 0 Å². The molecule has 7 unspecified atom stereocenters. The summed E-state index contributed by atoms with van der Waals surface area (Å²) < 4.78 is 0. The van der Waals surface area contributed by atoms with Crippen molar-refractivity contribution in [1.82, 2.24) is 4.98 Å². The largest absolute Gasteiger partial charge is 0.366 e. The number of hydrogen-bond donors (Lipinski definition) is 1. The molecule has 6 aliphatic carbocycles. The number of anilines is 3. The van der Waals surface area contributed by atoms with Crippen LogP contribution in [0.1, 0.15) is 43.2 Å². The van der Waals surface area contributed by atoms with Crippen LogP contribution in [0.5, 0.6) is 0 Å². The van der Waals surface area contributed by atoms with Gasteiger partial charge in [0.1, 0.15) is 0 Å². The summed E-state index contributed by atoms with van der Waals surface area (Å²) in [6.45, 7) is 0. The SMILES string of the molecule is c1ccc(-c2cccc(N(c3cc[nH]c3)c3cccc4c(-c5ccc6c(c5)-c5ccccc5C65C6CCC7C(CC8CC5C87)C6)cccc34)c2)cc1. The molecule has 0 aliphatic heterocycles. The minimum atomic E-state index is 0.201. The topological polar surface area (TPSA) is 19.0 Å². The number of nitrogens with one attached hydrogen (secondary N) is 1. The number of aromatic amines is 1. The normalized spacial score (nSPS) is 27.3. The molecule has 6 aromatic carbocycles. The van der Waals surface area contributed by atoms with Gasteiger partial charge in [-0.15, -0.1) is 0 Å². The average molecular weight is 671 g/mol. The fourth-order valence-electron chi connectivity index (χ4n) is 12.8. The van der Waals surface area contributed by atoms with Crippen LogP contribution in [-0.4, -0.2) is 4.98 Å². The predicted octanol–water partition coefficient (Wildman–Crippen LogP) is 12.9. The van der Waals surface area contributed by atoms with Gasteiger partial charge in [-0.3, -0.25) is 0 Å². The lowest BCUT2D eigenvalue weighted by atomic mass is 9.48. The second-order valence-electron chi connectivity index (χ2n) is 16.5. The van der Waals surface area contributed by atoms with Crippen molar-refractivity contribution in [3.05, 3.63) is 163 Å². The number of nitrogens with zero attached hydrogens (tertiary/aromatic N) is 1. The first-order chi connectivity index (χ1) is 25.8. The van der Waals surface area contributed by atoms with Crippen molar-refractivity contribution < 1.29 is 0 Å². The first-order valence-corrected chi connectivity index (χ1v) is 19.6. The minimum Gasteiger partial charge on any atom is -0.366 e. The van der Waals surface area contributed by atoms with Gasteiger partial charge < -0.3 is 9.88 Å². The van der Waals surface area contributed by atoms with Crippen LogP contribution in [0.4, 0.5) is 17.1 Å². The van der Waals surface area contributed by atoms with Crippen LogP contribution in [0.2, 0.25) is 0 Å². The van der Waals surface area contributed by atoms with Gasteiger partial charge in [0.05, 0.1) is 11.4 Å². The number of fused-ring (bicyclic) bond motifs is 5. The Morgan fingerprint density at radius 1 is 0.538 bits per heavy atom. The first-order valence-electron chi connectivity index (χ1n) is 19.6. The highest BCUT2D eigenvalue weighted by molar-refractivity contribution is 6.06. The van der Waals surface area contributed by atoms with E-state index in [1.807, 2.05) is 6.20 Å². The second kappa shape index (κ2) is 10.8. The molecule has 13 rings (SSSR count). The third-order valence-electron chi connectivity index (χ3n) is 14.6. The molecule has 1 heterocycles. The van der Waals surface area contributed by atoms with Gasteiger partial charge in [-0.2, -0.15) is 0 Å². The molecule has 2 nitrogen and oxygen atoms in total. The van der Waals surface area contributed by atoms with Crippen molar-refractivity contribution in [2.75, 3.05) is 4.90 Å². The van der Waals surface area contributed by atoms with E-state index in [0.29, 0.717) is 0 Å². The van der Waals surface area contributed by atoms with Crippen molar-refractivity contribution in [1.29, 1.82) is 0 Å². The first kappa shape index (κ1) is 29.3. The number of aromatic nitrogens is 1.